The van der Waals surface area contributed by atoms with Gasteiger partial charge >= 0.3 is 0 Å². The molecular weight excluding hydrogens is 236 g/mol. The molecule has 110 valence electrons. The second-order valence-corrected chi connectivity index (χ2v) is 7.31. The molecule has 2 rings (SSSR count). The van der Waals surface area contributed by atoms with Crippen LogP contribution in [0.5, 0.6) is 0 Å². The SMILES string of the molecule is CC1CC(C)C(C(=O)NC2(C)CCCCC2)CC1N. The van der Waals surface area contributed by atoms with Crippen molar-refractivity contribution >= 4 is 5.91 Å². The molecule has 2 saturated carbocycles. The Morgan fingerprint density at radius 3 is 2.37 bits per heavy atom. The van der Waals surface area contributed by atoms with Gasteiger partial charge in [-0.15, -0.1) is 0 Å². The van der Waals surface area contributed by atoms with Crippen LogP contribution < -0.4 is 11.1 Å². The van der Waals surface area contributed by atoms with E-state index in [4.69, 9.17) is 5.73 Å². The average molecular weight is 266 g/mol. The highest BCUT2D eigenvalue weighted by atomic mass is 16.2. The predicted molar refractivity (Wildman–Crippen MR) is 78.7 cm³/mol. The lowest BCUT2D eigenvalue weighted by Gasteiger charge is -2.40. The Labute approximate surface area is 117 Å². The topological polar surface area (TPSA) is 55.1 Å². The summed E-state index contributed by atoms with van der Waals surface area (Å²) in [6.45, 7) is 6.62. The van der Waals surface area contributed by atoms with Gasteiger partial charge in [0.2, 0.25) is 5.91 Å². The highest BCUT2D eigenvalue weighted by molar-refractivity contribution is 5.80. The number of hydrogen-bond donors (Lipinski definition) is 2. The van der Waals surface area contributed by atoms with Gasteiger partial charge in [0.1, 0.15) is 0 Å². The van der Waals surface area contributed by atoms with Crippen molar-refractivity contribution in [3.05, 3.63) is 0 Å². The molecule has 3 nitrogen and oxygen atoms in total. The molecule has 0 aromatic rings. The maximum Gasteiger partial charge on any atom is 0.223 e. The molecule has 0 radical (unpaired) electrons. The van der Waals surface area contributed by atoms with Crippen molar-refractivity contribution in [3.8, 4) is 0 Å². The summed E-state index contributed by atoms with van der Waals surface area (Å²) in [6.07, 6.45) is 7.99. The standard InChI is InChI=1S/C16H30N2O/c1-11-9-12(2)14(17)10-13(11)15(19)18-16(3)7-5-4-6-8-16/h11-14H,4-10,17H2,1-3H3,(H,18,19). The Bertz CT molecular complexity index is 323. The molecule has 0 saturated heterocycles. The van der Waals surface area contributed by atoms with Crippen LogP contribution >= 0.6 is 0 Å². The first kappa shape index (κ1) is 14.8. The van der Waals surface area contributed by atoms with Crippen LogP contribution in [0.2, 0.25) is 0 Å². The average Bonchev–Trinajstić information content (AvgIpc) is 2.34. The van der Waals surface area contributed by atoms with E-state index < -0.39 is 0 Å². The monoisotopic (exact) mass is 266 g/mol. The van der Waals surface area contributed by atoms with Crippen molar-refractivity contribution in [2.75, 3.05) is 0 Å². The normalized spacial score (nSPS) is 38.7. The summed E-state index contributed by atoms with van der Waals surface area (Å²) < 4.78 is 0. The summed E-state index contributed by atoms with van der Waals surface area (Å²) in [7, 11) is 0. The van der Waals surface area contributed by atoms with Crippen molar-refractivity contribution in [2.45, 2.75) is 77.3 Å². The van der Waals surface area contributed by atoms with Gasteiger partial charge in [0.15, 0.2) is 0 Å². The van der Waals surface area contributed by atoms with Crippen LogP contribution in [-0.2, 0) is 4.79 Å². The second kappa shape index (κ2) is 5.82. The zero-order valence-corrected chi connectivity index (χ0v) is 12.7. The molecule has 4 unspecified atom stereocenters. The van der Waals surface area contributed by atoms with Crippen LogP contribution in [0, 0.1) is 17.8 Å². The number of nitrogens with one attached hydrogen (secondary N) is 1. The predicted octanol–water partition coefficient (Wildman–Crippen LogP) is 2.83. The number of rotatable bonds is 2. The van der Waals surface area contributed by atoms with E-state index in [1.54, 1.807) is 0 Å². The Hall–Kier alpha value is -0.570. The molecule has 1 amide bonds. The molecule has 0 aromatic carbocycles. The van der Waals surface area contributed by atoms with Crippen molar-refractivity contribution in [2.24, 2.45) is 23.5 Å². The van der Waals surface area contributed by atoms with Gasteiger partial charge in [-0.2, -0.15) is 0 Å². The zero-order valence-electron chi connectivity index (χ0n) is 12.7. The minimum absolute atomic E-state index is 0.0300. The van der Waals surface area contributed by atoms with E-state index in [2.05, 4.69) is 26.1 Å². The smallest absolute Gasteiger partial charge is 0.223 e. The minimum atomic E-state index is 0.0300. The van der Waals surface area contributed by atoms with Crippen LogP contribution in [0.25, 0.3) is 0 Å². The second-order valence-electron chi connectivity index (χ2n) is 7.31. The number of carbonyl (C=O) groups excluding carboxylic acids is 1. The molecule has 2 aliphatic carbocycles. The maximum absolute atomic E-state index is 12.6. The quantitative estimate of drug-likeness (QED) is 0.807. The lowest BCUT2D eigenvalue weighted by Crippen LogP contribution is -2.52. The largest absolute Gasteiger partial charge is 0.351 e. The number of hydrogen-bond acceptors (Lipinski definition) is 2. The van der Waals surface area contributed by atoms with E-state index in [0.717, 1.165) is 25.7 Å². The van der Waals surface area contributed by atoms with Gasteiger partial charge in [0, 0.05) is 17.5 Å². The summed E-state index contributed by atoms with van der Waals surface area (Å²) >= 11 is 0. The van der Waals surface area contributed by atoms with Gasteiger partial charge in [-0.25, -0.2) is 0 Å². The number of amides is 1. The highest BCUT2D eigenvalue weighted by Crippen LogP contribution is 2.34. The minimum Gasteiger partial charge on any atom is -0.351 e. The Kier molecular flexibility index (Phi) is 4.54. The summed E-state index contributed by atoms with van der Waals surface area (Å²) in [4.78, 5) is 12.6. The third-order valence-electron chi connectivity index (χ3n) is 5.41. The zero-order chi connectivity index (χ0) is 14.0. The highest BCUT2D eigenvalue weighted by Gasteiger charge is 2.37. The van der Waals surface area contributed by atoms with Crippen molar-refractivity contribution < 1.29 is 4.79 Å². The fraction of sp³-hybridized carbons (Fsp3) is 0.938. The molecule has 19 heavy (non-hydrogen) atoms. The lowest BCUT2D eigenvalue weighted by atomic mass is 9.72. The molecule has 0 spiro atoms. The third kappa shape index (κ3) is 3.50. The maximum atomic E-state index is 12.6. The van der Waals surface area contributed by atoms with Crippen LogP contribution in [0.4, 0.5) is 0 Å². The molecule has 0 aliphatic heterocycles. The fourth-order valence-electron chi connectivity index (χ4n) is 3.90. The van der Waals surface area contributed by atoms with Gasteiger partial charge in [-0.05, 0) is 44.4 Å². The van der Waals surface area contributed by atoms with Crippen molar-refractivity contribution in [1.29, 1.82) is 0 Å². The fourth-order valence-corrected chi connectivity index (χ4v) is 3.90. The Balaban J connectivity index is 1.95. The van der Waals surface area contributed by atoms with Gasteiger partial charge in [0.25, 0.3) is 0 Å². The Morgan fingerprint density at radius 2 is 1.74 bits per heavy atom. The van der Waals surface area contributed by atoms with Gasteiger partial charge in [-0.3, -0.25) is 4.79 Å². The van der Waals surface area contributed by atoms with E-state index in [9.17, 15) is 4.79 Å². The van der Waals surface area contributed by atoms with Crippen LogP contribution in [-0.4, -0.2) is 17.5 Å². The van der Waals surface area contributed by atoms with Crippen molar-refractivity contribution in [3.63, 3.8) is 0 Å². The molecule has 3 heteroatoms. The lowest BCUT2D eigenvalue weighted by molar-refractivity contribution is -0.130. The first-order chi connectivity index (χ1) is 8.91. The molecule has 0 heterocycles. The molecule has 3 N–H and O–H groups in total. The third-order valence-corrected chi connectivity index (χ3v) is 5.41. The summed E-state index contributed by atoms with van der Waals surface area (Å²) in [6, 6.07) is 0.186. The first-order valence-electron chi connectivity index (χ1n) is 7.99. The first-order valence-corrected chi connectivity index (χ1v) is 7.99. The molecule has 4 atom stereocenters. The van der Waals surface area contributed by atoms with E-state index in [0.29, 0.717) is 11.8 Å². The molecule has 2 aliphatic rings. The molecular formula is C16H30N2O. The van der Waals surface area contributed by atoms with Gasteiger partial charge in [0.05, 0.1) is 0 Å². The number of carbonyl (C=O) groups is 1. The molecule has 0 aromatic heterocycles. The van der Waals surface area contributed by atoms with Crippen molar-refractivity contribution in [1.82, 2.24) is 5.32 Å². The van der Waals surface area contributed by atoms with Crippen LogP contribution in [0.15, 0.2) is 0 Å². The van der Waals surface area contributed by atoms with E-state index in [1.165, 1.54) is 19.3 Å². The molecule has 0 bridgehead atoms. The summed E-state index contributed by atoms with van der Waals surface area (Å²) in [5.74, 6) is 1.37. The van der Waals surface area contributed by atoms with E-state index >= 15 is 0 Å². The van der Waals surface area contributed by atoms with E-state index in [-0.39, 0.29) is 23.4 Å². The van der Waals surface area contributed by atoms with Gasteiger partial charge in [-0.1, -0.05) is 33.1 Å². The summed E-state index contributed by atoms with van der Waals surface area (Å²) in [5.41, 5.74) is 6.18. The van der Waals surface area contributed by atoms with Crippen LogP contribution in [0.1, 0.15) is 65.7 Å². The van der Waals surface area contributed by atoms with E-state index in [1.807, 2.05) is 0 Å². The Morgan fingerprint density at radius 1 is 1.11 bits per heavy atom. The number of nitrogens with two attached hydrogens (primary N) is 1. The summed E-state index contributed by atoms with van der Waals surface area (Å²) in [5, 5.41) is 3.34. The molecule has 2 fully saturated rings. The van der Waals surface area contributed by atoms with Crippen LogP contribution in [0.3, 0.4) is 0 Å². The van der Waals surface area contributed by atoms with Gasteiger partial charge < -0.3 is 11.1 Å².